The topological polar surface area (TPSA) is 168 Å². The number of hydrogen-bond donors (Lipinski definition) is 3. The van der Waals surface area contributed by atoms with Crippen molar-refractivity contribution in [2.24, 2.45) is 0 Å². The summed E-state index contributed by atoms with van der Waals surface area (Å²) < 4.78 is 36.0. The number of rotatable bonds is 4. The van der Waals surface area contributed by atoms with Crippen LogP contribution in [0, 0.1) is 32.1 Å². The maximum atomic E-state index is 15.0. The van der Waals surface area contributed by atoms with Gasteiger partial charge in [-0.15, -0.1) is 0 Å². The molecule has 0 amide bonds. The third-order valence-electron chi connectivity index (χ3n) is 12.9. The van der Waals surface area contributed by atoms with Crippen LogP contribution < -0.4 is 29.0 Å². The van der Waals surface area contributed by atoms with Crippen molar-refractivity contribution in [1.29, 1.82) is 5.26 Å². The molecule has 1 aromatic heterocycles. The predicted molar refractivity (Wildman–Crippen MR) is 215 cm³/mol. The Morgan fingerprint density at radius 2 is 1.84 bits per heavy atom. The lowest BCUT2D eigenvalue weighted by Crippen LogP contribution is -2.68. The highest BCUT2D eigenvalue weighted by Crippen LogP contribution is 2.56. The summed E-state index contributed by atoms with van der Waals surface area (Å²) in [4.78, 5) is 35.5. The molecular formula is C43H47N5O9S. The molecule has 5 aliphatic rings. The van der Waals surface area contributed by atoms with E-state index in [9.17, 15) is 20.0 Å². The number of aromatic hydroxyl groups is 1. The third kappa shape index (κ3) is 5.56. The van der Waals surface area contributed by atoms with Gasteiger partial charge in [0.15, 0.2) is 28.5 Å². The molecule has 2 saturated heterocycles. The van der Waals surface area contributed by atoms with Crippen LogP contribution >= 0.6 is 11.8 Å². The molecule has 1 spiro atoms. The van der Waals surface area contributed by atoms with Gasteiger partial charge in [-0.2, -0.15) is 17.0 Å². The number of fused-ring (bicyclic) bond motifs is 11. The normalized spacial score (nSPS) is 26.6. The zero-order valence-electron chi connectivity index (χ0n) is 33.6. The fourth-order valence-corrected chi connectivity index (χ4v) is 11.8. The van der Waals surface area contributed by atoms with Crippen LogP contribution in [-0.4, -0.2) is 103 Å². The minimum absolute atomic E-state index is 0.0606. The Balaban J connectivity index is 1.26. The van der Waals surface area contributed by atoms with Crippen LogP contribution in [0.5, 0.6) is 34.5 Å². The standard InChI is InChI=1S/C43H47N5O9S/c1-20-12-24-13-29-30(15-44)48-31(33-21(2)38(57-23(4)49)22(3)39-40(33)56-19-55-39)16-54-42(51)43(18-58-17-32(48)35(47(29)5)34(24)36(50)37(20)53-7)41-26(10-11-45-43)27-14-25(52-6)8-9-28(27)46-41/h8-9,12,14,29-32,35,45-46,50H,10-11,13,16-19H2,1-7H3/t29-,30+,31+,32+,35-,43-/m1/s1. The van der Waals surface area contributed by atoms with Crippen molar-refractivity contribution >= 4 is 34.6 Å². The molecule has 58 heavy (non-hydrogen) atoms. The largest absolute Gasteiger partial charge is 0.504 e. The number of hydrogen-bond acceptors (Lipinski definition) is 14. The van der Waals surface area contributed by atoms with E-state index >= 15 is 0 Å². The summed E-state index contributed by atoms with van der Waals surface area (Å²) in [6, 6.07) is 8.03. The number of phenols is 1. The first-order chi connectivity index (χ1) is 27.9. The van der Waals surface area contributed by atoms with Crippen LogP contribution in [0.3, 0.4) is 0 Å². The number of aromatic amines is 1. The second-order valence-electron chi connectivity index (χ2n) is 15.9. The van der Waals surface area contributed by atoms with Crippen LogP contribution in [0.1, 0.15) is 63.6 Å². The van der Waals surface area contributed by atoms with Crippen molar-refractivity contribution in [3.63, 3.8) is 0 Å². The predicted octanol–water partition coefficient (Wildman–Crippen LogP) is 5.02. The molecule has 15 heteroatoms. The Labute approximate surface area is 340 Å². The number of methoxy groups -OCH3 is 2. The van der Waals surface area contributed by atoms with Gasteiger partial charge in [0.25, 0.3) is 0 Å². The number of likely N-dealkylation sites (N-methyl/N-ethyl adjacent to an activating group) is 1. The average molecular weight is 810 g/mol. The fourth-order valence-electron chi connectivity index (χ4n) is 10.4. The molecule has 3 N–H and O–H groups in total. The number of benzene rings is 3. The van der Waals surface area contributed by atoms with E-state index in [1.165, 1.54) is 6.92 Å². The zero-order chi connectivity index (χ0) is 40.8. The Morgan fingerprint density at radius 1 is 1.05 bits per heavy atom. The highest BCUT2D eigenvalue weighted by atomic mass is 32.2. The lowest BCUT2D eigenvalue weighted by atomic mass is 9.76. The van der Waals surface area contributed by atoms with Gasteiger partial charge in [0.05, 0.1) is 38.1 Å². The van der Waals surface area contributed by atoms with Crippen LogP contribution in [0.25, 0.3) is 10.9 Å². The van der Waals surface area contributed by atoms with Crippen LogP contribution in [0.4, 0.5) is 0 Å². The molecule has 2 bridgehead atoms. The minimum Gasteiger partial charge on any atom is -0.504 e. The summed E-state index contributed by atoms with van der Waals surface area (Å²) in [7, 11) is 5.21. The number of thioether (sulfide) groups is 1. The molecule has 2 fully saturated rings. The number of ether oxygens (including phenoxy) is 6. The second-order valence-corrected chi connectivity index (χ2v) is 16.9. The number of nitrogens with zero attached hydrogens (tertiary/aromatic N) is 3. The Bertz CT molecular complexity index is 2430. The van der Waals surface area contributed by atoms with E-state index in [0.717, 1.165) is 44.6 Å². The average Bonchev–Trinajstić information content (AvgIpc) is 3.84. The molecule has 0 saturated carbocycles. The lowest BCUT2D eigenvalue weighted by Gasteiger charge is -2.58. The molecule has 4 aromatic rings. The van der Waals surface area contributed by atoms with E-state index < -0.39 is 41.6 Å². The molecule has 0 radical (unpaired) electrons. The molecule has 0 unspecified atom stereocenters. The van der Waals surface area contributed by atoms with E-state index in [4.69, 9.17) is 28.4 Å². The Kier molecular flexibility index (Phi) is 9.46. The summed E-state index contributed by atoms with van der Waals surface area (Å²) in [5.74, 6) is 2.28. The van der Waals surface area contributed by atoms with E-state index in [1.54, 1.807) is 26.0 Å². The quantitative estimate of drug-likeness (QED) is 0.186. The van der Waals surface area contributed by atoms with E-state index in [-0.39, 0.29) is 25.2 Å². The van der Waals surface area contributed by atoms with Crippen LogP contribution in [0.2, 0.25) is 0 Å². The number of nitriles is 1. The number of carbonyl (C=O) groups is 2. The first-order valence-corrected chi connectivity index (χ1v) is 20.7. The number of cyclic esters (lactones) is 1. The first kappa shape index (κ1) is 38.4. The van der Waals surface area contributed by atoms with Gasteiger partial charge in [-0.3, -0.25) is 19.9 Å². The molecule has 14 nitrogen and oxygen atoms in total. The van der Waals surface area contributed by atoms with E-state index in [1.807, 2.05) is 46.0 Å². The molecule has 3 aromatic carbocycles. The summed E-state index contributed by atoms with van der Waals surface area (Å²) in [6.07, 6.45) is 1.19. The number of aryl methyl sites for hydroxylation is 1. The second kappa shape index (κ2) is 14.3. The Morgan fingerprint density at radius 3 is 2.59 bits per heavy atom. The summed E-state index contributed by atoms with van der Waals surface area (Å²) in [5.41, 5.74) is 5.80. The summed E-state index contributed by atoms with van der Waals surface area (Å²) >= 11 is 1.60. The highest BCUT2D eigenvalue weighted by molar-refractivity contribution is 7.99. The number of H-pyrrole nitrogens is 1. The monoisotopic (exact) mass is 809 g/mol. The van der Waals surface area contributed by atoms with E-state index in [0.29, 0.717) is 70.6 Å². The van der Waals surface area contributed by atoms with Gasteiger partial charge in [-0.05, 0) is 75.5 Å². The van der Waals surface area contributed by atoms with Gasteiger partial charge in [0, 0.05) is 70.2 Å². The zero-order valence-corrected chi connectivity index (χ0v) is 34.4. The molecule has 0 aliphatic carbocycles. The van der Waals surface area contributed by atoms with Gasteiger partial charge in [-0.25, -0.2) is 4.79 Å². The van der Waals surface area contributed by atoms with Crippen molar-refractivity contribution in [2.75, 3.05) is 52.7 Å². The van der Waals surface area contributed by atoms with E-state index in [2.05, 4.69) is 32.2 Å². The molecule has 5 aliphatic heterocycles. The number of aromatic nitrogens is 1. The van der Waals surface area contributed by atoms with Crippen LogP contribution in [0.15, 0.2) is 24.3 Å². The number of piperazine rings is 1. The number of carbonyl (C=O) groups excluding carboxylic acids is 2. The number of phenolic OH excluding ortho intramolecular Hbond substituents is 1. The maximum Gasteiger partial charge on any atom is 0.333 e. The number of nitrogens with one attached hydrogen (secondary N) is 2. The van der Waals surface area contributed by atoms with Crippen molar-refractivity contribution in [3.05, 3.63) is 68.9 Å². The van der Waals surface area contributed by atoms with Gasteiger partial charge in [-0.1, -0.05) is 6.07 Å². The molecular weight excluding hydrogens is 763 g/mol. The van der Waals surface area contributed by atoms with Crippen LogP contribution in [-0.2, 0) is 32.7 Å². The smallest absolute Gasteiger partial charge is 0.333 e. The summed E-state index contributed by atoms with van der Waals surface area (Å²) in [5, 5.41) is 27.8. The van der Waals surface area contributed by atoms with Crippen molar-refractivity contribution in [2.45, 2.75) is 76.3 Å². The first-order valence-electron chi connectivity index (χ1n) is 19.5. The molecule has 9 rings (SSSR count). The highest BCUT2D eigenvalue weighted by Gasteiger charge is 2.56. The molecule has 6 heterocycles. The third-order valence-corrected chi connectivity index (χ3v) is 14.1. The summed E-state index contributed by atoms with van der Waals surface area (Å²) in [6.45, 7) is 7.25. The van der Waals surface area contributed by atoms with Crippen molar-refractivity contribution < 1.29 is 43.1 Å². The van der Waals surface area contributed by atoms with Gasteiger partial charge < -0.3 is 38.5 Å². The molecule has 304 valence electrons. The van der Waals surface area contributed by atoms with Gasteiger partial charge in [0.1, 0.15) is 24.1 Å². The van der Waals surface area contributed by atoms with Crippen molar-refractivity contribution in [3.8, 4) is 40.6 Å². The maximum absolute atomic E-state index is 15.0. The number of esters is 2. The van der Waals surface area contributed by atoms with Crippen molar-refractivity contribution in [1.82, 2.24) is 20.1 Å². The lowest BCUT2D eigenvalue weighted by molar-refractivity contribution is -0.156. The SMILES string of the molecule is COc1ccc2[nH]c3c(c2c1)CCN[C@]31CSC[C@H]2[C@@H]3c4c(cc(C)c(OC)c4O)C[C@H]([C@H](C#N)N2[C@H](c2c(C)c(OC(C)=O)c(C)c4c2OCO4)COC1=O)N3C. The fraction of sp³-hybridized carbons (Fsp3) is 0.465. The minimum atomic E-state index is -1.24. The van der Waals surface area contributed by atoms with Gasteiger partial charge >= 0.3 is 11.9 Å². The molecule has 6 atom stereocenters. The Hall–Kier alpha value is -5.14. The van der Waals surface area contributed by atoms with Gasteiger partial charge in [0.2, 0.25) is 6.79 Å².